The third-order valence-corrected chi connectivity index (χ3v) is 3.29. The summed E-state index contributed by atoms with van der Waals surface area (Å²) < 4.78 is 7.74. The maximum absolute atomic E-state index is 5.80. The number of para-hydroxylation sites is 1. The molecule has 2 aromatic rings. The smallest absolute Gasteiger partial charge is 0.132 e. The van der Waals surface area contributed by atoms with Gasteiger partial charge in [-0.15, -0.1) is 0 Å². The van der Waals surface area contributed by atoms with E-state index >= 15 is 0 Å². The van der Waals surface area contributed by atoms with Crippen LogP contribution in [-0.4, -0.2) is 9.78 Å². The Morgan fingerprint density at radius 1 is 1.28 bits per heavy atom. The molecule has 0 aliphatic carbocycles. The summed E-state index contributed by atoms with van der Waals surface area (Å²) in [6.07, 6.45) is 1.99. The molecule has 96 valence electrons. The van der Waals surface area contributed by atoms with Crippen LogP contribution in [0.3, 0.4) is 0 Å². The molecule has 1 heterocycles. The van der Waals surface area contributed by atoms with Crippen molar-refractivity contribution in [3.63, 3.8) is 0 Å². The van der Waals surface area contributed by atoms with Crippen molar-refractivity contribution < 1.29 is 4.74 Å². The van der Waals surface area contributed by atoms with Crippen LogP contribution in [0.1, 0.15) is 31.1 Å². The summed E-state index contributed by atoms with van der Waals surface area (Å²) in [6, 6.07) is 10.4. The van der Waals surface area contributed by atoms with Gasteiger partial charge >= 0.3 is 0 Å². The Morgan fingerprint density at radius 2 is 2.06 bits per heavy atom. The Kier molecular flexibility index (Phi) is 4.42. The van der Waals surface area contributed by atoms with Crippen LogP contribution >= 0.6 is 15.9 Å². The average molecular weight is 309 g/mol. The molecule has 1 aromatic carbocycles. The van der Waals surface area contributed by atoms with Crippen molar-refractivity contribution in [1.82, 2.24) is 9.78 Å². The first-order valence-corrected chi connectivity index (χ1v) is 7.13. The molecule has 0 spiro atoms. The van der Waals surface area contributed by atoms with E-state index in [0.717, 1.165) is 22.3 Å². The third kappa shape index (κ3) is 3.13. The maximum Gasteiger partial charge on any atom is 0.132 e. The first kappa shape index (κ1) is 13.1. The third-order valence-electron chi connectivity index (χ3n) is 2.68. The quantitative estimate of drug-likeness (QED) is 0.782. The molecule has 2 rings (SSSR count). The lowest BCUT2D eigenvalue weighted by Crippen LogP contribution is -2.03. The highest BCUT2D eigenvalue weighted by Gasteiger charge is 2.05. The van der Waals surface area contributed by atoms with E-state index in [9.17, 15) is 0 Å². The average Bonchev–Trinajstić information content (AvgIpc) is 2.85. The number of ether oxygens (including phenoxy) is 1. The Bertz CT molecular complexity index is 508. The highest BCUT2D eigenvalue weighted by Crippen LogP contribution is 2.21. The number of benzene rings is 1. The van der Waals surface area contributed by atoms with Crippen LogP contribution in [-0.2, 0) is 11.9 Å². The van der Waals surface area contributed by atoms with E-state index in [0.29, 0.717) is 12.6 Å². The van der Waals surface area contributed by atoms with E-state index in [4.69, 9.17) is 4.74 Å². The van der Waals surface area contributed by atoms with Gasteiger partial charge in [0, 0.05) is 23.1 Å². The van der Waals surface area contributed by atoms with Gasteiger partial charge < -0.3 is 4.74 Å². The van der Waals surface area contributed by atoms with Gasteiger partial charge in [-0.1, -0.05) is 34.1 Å². The summed E-state index contributed by atoms with van der Waals surface area (Å²) in [5.41, 5.74) is 2.11. The van der Waals surface area contributed by atoms with E-state index in [1.807, 2.05) is 35.1 Å². The molecule has 0 aliphatic heterocycles. The summed E-state index contributed by atoms with van der Waals surface area (Å²) in [5, 5.41) is 5.26. The number of alkyl halides is 1. The van der Waals surface area contributed by atoms with Gasteiger partial charge in [0.25, 0.3) is 0 Å². The Labute approximate surface area is 116 Å². The second-order valence-corrected chi connectivity index (χ2v) is 4.97. The van der Waals surface area contributed by atoms with Gasteiger partial charge in [-0.3, -0.25) is 4.68 Å². The topological polar surface area (TPSA) is 27.1 Å². The minimum absolute atomic E-state index is 0.383. The second kappa shape index (κ2) is 6.05. The van der Waals surface area contributed by atoms with Gasteiger partial charge in [-0.25, -0.2) is 0 Å². The van der Waals surface area contributed by atoms with Gasteiger partial charge in [0.1, 0.15) is 12.4 Å². The molecule has 0 aliphatic rings. The lowest BCUT2D eigenvalue weighted by atomic mass is 10.2. The Morgan fingerprint density at radius 3 is 2.72 bits per heavy atom. The lowest BCUT2D eigenvalue weighted by Gasteiger charge is -2.08. The van der Waals surface area contributed by atoms with Crippen LogP contribution in [0.25, 0.3) is 0 Å². The zero-order valence-corrected chi connectivity index (χ0v) is 12.2. The first-order valence-electron chi connectivity index (χ1n) is 6.01. The fourth-order valence-electron chi connectivity index (χ4n) is 1.65. The van der Waals surface area contributed by atoms with Crippen LogP contribution in [0.15, 0.2) is 36.5 Å². The summed E-state index contributed by atoms with van der Waals surface area (Å²) in [5.74, 6) is 0.911. The monoisotopic (exact) mass is 308 g/mol. The fourth-order valence-corrected chi connectivity index (χ4v) is 2.11. The highest BCUT2D eigenvalue weighted by atomic mass is 79.9. The summed E-state index contributed by atoms with van der Waals surface area (Å²) in [7, 11) is 0. The summed E-state index contributed by atoms with van der Waals surface area (Å²) in [4.78, 5) is 0. The predicted molar refractivity (Wildman–Crippen MR) is 76.0 cm³/mol. The van der Waals surface area contributed by atoms with Crippen LogP contribution < -0.4 is 4.74 Å². The normalized spacial score (nSPS) is 10.9. The lowest BCUT2D eigenvalue weighted by molar-refractivity contribution is 0.296. The van der Waals surface area contributed by atoms with E-state index in [2.05, 4.69) is 40.9 Å². The van der Waals surface area contributed by atoms with E-state index in [1.165, 1.54) is 0 Å². The van der Waals surface area contributed by atoms with Crippen LogP contribution in [0, 0.1) is 0 Å². The molecule has 0 radical (unpaired) electrons. The first-order chi connectivity index (χ1) is 8.70. The molecule has 0 amide bonds. The van der Waals surface area contributed by atoms with E-state index in [-0.39, 0.29) is 0 Å². The number of hydrogen-bond acceptors (Lipinski definition) is 2. The zero-order valence-electron chi connectivity index (χ0n) is 10.6. The molecule has 0 saturated carbocycles. The van der Waals surface area contributed by atoms with Crippen LogP contribution in [0.2, 0.25) is 0 Å². The van der Waals surface area contributed by atoms with Gasteiger partial charge in [-0.05, 0) is 26.0 Å². The second-order valence-electron chi connectivity index (χ2n) is 4.41. The van der Waals surface area contributed by atoms with E-state index in [1.54, 1.807) is 0 Å². The van der Waals surface area contributed by atoms with Gasteiger partial charge in [0.2, 0.25) is 0 Å². The van der Waals surface area contributed by atoms with Crippen molar-refractivity contribution >= 4 is 15.9 Å². The number of rotatable bonds is 5. The number of halogens is 1. The molecule has 0 fully saturated rings. The van der Waals surface area contributed by atoms with Crippen LogP contribution in [0.5, 0.6) is 5.75 Å². The molecule has 18 heavy (non-hydrogen) atoms. The molecule has 1 aromatic heterocycles. The predicted octanol–water partition coefficient (Wildman–Crippen LogP) is 3.94. The van der Waals surface area contributed by atoms with Crippen molar-refractivity contribution in [1.29, 1.82) is 0 Å². The summed E-state index contributed by atoms with van der Waals surface area (Å²) >= 11 is 3.46. The number of hydrogen-bond donors (Lipinski definition) is 0. The van der Waals surface area contributed by atoms with Gasteiger partial charge in [0.15, 0.2) is 0 Å². The minimum Gasteiger partial charge on any atom is -0.487 e. The van der Waals surface area contributed by atoms with Crippen molar-refractivity contribution in [2.75, 3.05) is 0 Å². The molecule has 0 N–H and O–H groups in total. The fraction of sp³-hybridized carbons (Fsp3) is 0.357. The molecule has 0 unspecified atom stereocenters. The van der Waals surface area contributed by atoms with Crippen molar-refractivity contribution in [3.8, 4) is 5.75 Å². The minimum atomic E-state index is 0.383. The molecule has 0 saturated heterocycles. The van der Waals surface area contributed by atoms with Crippen molar-refractivity contribution in [2.45, 2.75) is 31.8 Å². The molecular weight excluding hydrogens is 292 g/mol. The number of aromatic nitrogens is 2. The standard InChI is InChI=1S/C14H17BrN2O/c1-11(2)17-8-7-13(16-17)10-18-14-6-4-3-5-12(14)9-15/h3-8,11H,9-10H2,1-2H3. The van der Waals surface area contributed by atoms with Gasteiger partial charge in [-0.2, -0.15) is 5.10 Å². The molecule has 0 bridgehead atoms. The molecular formula is C14H17BrN2O. The molecule has 4 heteroatoms. The van der Waals surface area contributed by atoms with Crippen LogP contribution in [0.4, 0.5) is 0 Å². The summed E-state index contributed by atoms with van der Waals surface area (Å²) in [6.45, 7) is 4.72. The molecule has 0 atom stereocenters. The van der Waals surface area contributed by atoms with E-state index < -0.39 is 0 Å². The van der Waals surface area contributed by atoms with Crippen molar-refractivity contribution in [3.05, 3.63) is 47.8 Å². The zero-order chi connectivity index (χ0) is 13.0. The highest BCUT2D eigenvalue weighted by molar-refractivity contribution is 9.08. The Hall–Kier alpha value is -1.29. The SMILES string of the molecule is CC(C)n1ccc(COc2ccccc2CBr)n1. The Balaban J connectivity index is 2.02. The molecule has 3 nitrogen and oxygen atoms in total. The largest absolute Gasteiger partial charge is 0.487 e. The van der Waals surface area contributed by atoms with Gasteiger partial charge in [0.05, 0.1) is 5.69 Å². The maximum atomic E-state index is 5.80. The number of nitrogens with zero attached hydrogens (tertiary/aromatic N) is 2. The van der Waals surface area contributed by atoms with Crippen molar-refractivity contribution in [2.24, 2.45) is 0 Å².